The van der Waals surface area contributed by atoms with Gasteiger partial charge in [-0.1, -0.05) is 26.0 Å². The first-order valence-electron chi connectivity index (χ1n) is 3.66. The second-order valence-electron chi connectivity index (χ2n) is 1.67. The number of phenols is 1. The van der Waals surface area contributed by atoms with Gasteiger partial charge in [-0.3, -0.25) is 0 Å². The van der Waals surface area contributed by atoms with Crippen LogP contribution in [0.25, 0.3) is 0 Å². The SMILES string of the molecule is CC.CSc1ccccc1O. The van der Waals surface area contributed by atoms with Crippen molar-refractivity contribution in [1.29, 1.82) is 0 Å². The van der Waals surface area contributed by atoms with Gasteiger partial charge in [-0.05, 0) is 18.4 Å². The standard InChI is InChI=1S/C7H8OS.C2H6/c1-9-7-5-3-2-4-6(7)8;1-2/h2-5,8H,1H3;1-2H3. The maximum atomic E-state index is 9.09. The third-order valence-electron chi connectivity index (χ3n) is 1.09. The molecule has 11 heavy (non-hydrogen) atoms. The summed E-state index contributed by atoms with van der Waals surface area (Å²) in [5.74, 6) is 0.366. The average Bonchev–Trinajstić information content (AvgIpc) is 2.09. The van der Waals surface area contributed by atoms with Gasteiger partial charge in [-0.2, -0.15) is 0 Å². The highest BCUT2D eigenvalue weighted by molar-refractivity contribution is 7.98. The Kier molecular flexibility index (Phi) is 5.75. The normalized spacial score (nSPS) is 8.27. The molecule has 0 fully saturated rings. The molecule has 2 heteroatoms. The molecule has 1 rings (SSSR count). The summed E-state index contributed by atoms with van der Waals surface area (Å²) >= 11 is 1.55. The number of benzene rings is 1. The lowest BCUT2D eigenvalue weighted by Gasteiger charge is -1.96. The van der Waals surface area contributed by atoms with Crippen LogP contribution in [0.15, 0.2) is 29.2 Å². The molecule has 0 saturated carbocycles. The fourth-order valence-corrected chi connectivity index (χ4v) is 1.12. The van der Waals surface area contributed by atoms with E-state index in [2.05, 4.69) is 0 Å². The van der Waals surface area contributed by atoms with Crippen LogP contribution in [0.1, 0.15) is 13.8 Å². The molecule has 0 saturated heterocycles. The Hall–Kier alpha value is -0.630. The summed E-state index contributed by atoms with van der Waals surface area (Å²) in [6, 6.07) is 7.30. The molecule has 0 atom stereocenters. The van der Waals surface area contributed by atoms with Gasteiger partial charge in [-0.25, -0.2) is 0 Å². The molecule has 62 valence electrons. The molecule has 0 bridgehead atoms. The summed E-state index contributed by atoms with van der Waals surface area (Å²) in [7, 11) is 0. The third kappa shape index (κ3) is 3.33. The molecule has 1 N–H and O–H groups in total. The molecule has 0 aliphatic carbocycles. The lowest BCUT2D eigenvalue weighted by Crippen LogP contribution is -1.68. The lowest BCUT2D eigenvalue weighted by atomic mass is 10.3. The van der Waals surface area contributed by atoms with E-state index in [1.165, 1.54) is 0 Å². The van der Waals surface area contributed by atoms with E-state index < -0.39 is 0 Å². The third-order valence-corrected chi connectivity index (χ3v) is 1.87. The monoisotopic (exact) mass is 170 g/mol. The van der Waals surface area contributed by atoms with Gasteiger partial charge >= 0.3 is 0 Å². The van der Waals surface area contributed by atoms with Crippen LogP contribution in [0.5, 0.6) is 5.75 Å². The Bertz CT molecular complexity index is 199. The van der Waals surface area contributed by atoms with E-state index >= 15 is 0 Å². The number of aromatic hydroxyl groups is 1. The van der Waals surface area contributed by atoms with Gasteiger partial charge in [0.05, 0.1) is 0 Å². The first-order valence-corrected chi connectivity index (χ1v) is 4.89. The summed E-state index contributed by atoms with van der Waals surface area (Å²) in [5.41, 5.74) is 0. The molecule has 0 aliphatic rings. The van der Waals surface area contributed by atoms with E-state index in [9.17, 15) is 0 Å². The Morgan fingerprint density at radius 3 is 2.09 bits per heavy atom. The van der Waals surface area contributed by atoms with Crippen molar-refractivity contribution in [3.63, 3.8) is 0 Å². The highest BCUT2D eigenvalue weighted by atomic mass is 32.2. The summed E-state index contributed by atoms with van der Waals surface area (Å²) < 4.78 is 0. The molecule has 1 aromatic rings. The molecule has 0 heterocycles. The van der Waals surface area contributed by atoms with Crippen LogP contribution in [0.2, 0.25) is 0 Å². The largest absolute Gasteiger partial charge is 0.507 e. The van der Waals surface area contributed by atoms with Crippen LogP contribution in [0, 0.1) is 0 Å². The van der Waals surface area contributed by atoms with Crippen molar-refractivity contribution in [3.05, 3.63) is 24.3 Å². The smallest absolute Gasteiger partial charge is 0.129 e. The molecule has 0 aliphatic heterocycles. The minimum absolute atomic E-state index is 0.366. The predicted octanol–water partition coefficient (Wildman–Crippen LogP) is 3.14. The van der Waals surface area contributed by atoms with E-state index in [1.54, 1.807) is 17.8 Å². The fourth-order valence-electron chi connectivity index (χ4n) is 0.630. The van der Waals surface area contributed by atoms with Crippen molar-refractivity contribution in [1.82, 2.24) is 0 Å². The highest BCUT2D eigenvalue weighted by Gasteiger charge is 1.93. The molecule has 1 aromatic carbocycles. The van der Waals surface area contributed by atoms with Crippen LogP contribution in [-0.4, -0.2) is 11.4 Å². The van der Waals surface area contributed by atoms with E-state index in [0.29, 0.717) is 5.75 Å². The van der Waals surface area contributed by atoms with Crippen molar-refractivity contribution in [2.45, 2.75) is 18.7 Å². The van der Waals surface area contributed by atoms with Crippen LogP contribution in [0.3, 0.4) is 0 Å². The van der Waals surface area contributed by atoms with Gasteiger partial charge in [0.25, 0.3) is 0 Å². The maximum Gasteiger partial charge on any atom is 0.129 e. The van der Waals surface area contributed by atoms with Crippen molar-refractivity contribution in [3.8, 4) is 5.75 Å². The zero-order valence-corrected chi connectivity index (χ0v) is 7.98. The Balaban J connectivity index is 0.000000461. The lowest BCUT2D eigenvalue weighted by molar-refractivity contribution is 0.462. The number of hydrogen-bond donors (Lipinski definition) is 1. The van der Waals surface area contributed by atoms with Gasteiger partial charge in [0.1, 0.15) is 5.75 Å². The van der Waals surface area contributed by atoms with Gasteiger partial charge in [0.15, 0.2) is 0 Å². The molecular formula is C9H14OS. The van der Waals surface area contributed by atoms with Crippen molar-refractivity contribution < 1.29 is 5.11 Å². The first-order chi connectivity index (χ1) is 5.34. The minimum atomic E-state index is 0.366. The summed E-state index contributed by atoms with van der Waals surface area (Å²) in [6.45, 7) is 4.00. The first kappa shape index (κ1) is 10.4. The zero-order chi connectivity index (χ0) is 8.69. The average molecular weight is 170 g/mol. The molecule has 0 amide bonds. The second kappa shape index (κ2) is 6.10. The van der Waals surface area contributed by atoms with E-state index in [4.69, 9.17) is 5.11 Å². The number of phenolic OH excluding ortho intramolecular Hbond substituents is 1. The summed E-state index contributed by atoms with van der Waals surface area (Å²) in [4.78, 5) is 0.928. The van der Waals surface area contributed by atoms with Crippen LogP contribution in [-0.2, 0) is 0 Å². The highest BCUT2D eigenvalue weighted by Crippen LogP contribution is 2.24. The Labute approximate surface area is 72.4 Å². The summed E-state index contributed by atoms with van der Waals surface area (Å²) in [6.07, 6.45) is 1.94. The topological polar surface area (TPSA) is 20.2 Å². The van der Waals surface area contributed by atoms with E-state index in [-0.39, 0.29) is 0 Å². The molecule has 0 aromatic heterocycles. The van der Waals surface area contributed by atoms with Crippen molar-refractivity contribution in [2.75, 3.05) is 6.26 Å². The summed E-state index contributed by atoms with van der Waals surface area (Å²) in [5, 5.41) is 9.09. The molecular weight excluding hydrogens is 156 g/mol. The predicted molar refractivity (Wildman–Crippen MR) is 51.2 cm³/mol. The van der Waals surface area contributed by atoms with Crippen molar-refractivity contribution in [2.24, 2.45) is 0 Å². The van der Waals surface area contributed by atoms with Crippen LogP contribution < -0.4 is 0 Å². The molecule has 0 spiro atoms. The van der Waals surface area contributed by atoms with Crippen molar-refractivity contribution >= 4 is 11.8 Å². The van der Waals surface area contributed by atoms with Gasteiger partial charge in [0.2, 0.25) is 0 Å². The number of hydrogen-bond acceptors (Lipinski definition) is 2. The minimum Gasteiger partial charge on any atom is -0.507 e. The Morgan fingerprint density at radius 1 is 1.18 bits per heavy atom. The molecule has 0 unspecified atom stereocenters. The van der Waals surface area contributed by atoms with Crippen LogP contribution >= 0.6 is 11.8 Å². The molecule has 0 radical (unpaired) electrons. The van der Waals surface area contributed by atoms with Gasteiger partial charge < -0.3 is 5.11 Å². The Morgan fingerprint density at radius 2 is 1.73 bits per heavy atom. The zero-order valence-electron chi connectivity index (χ0n) is 7.16. The number of para-hydroxylation sites is 1. The fraction of sp³-hybridized carbons (Fsp3) is 0.333. The van der Waals surface area contributed by atoms with E-state index in [0.717, 1.165) is 4.90 Å². The quantitative estimate of drug-likeness (QED) is 0.653. The number of rotatable bonds is 1. The maximum absolute atomic E-state index is 9.09. The second-order valence-corrected chi connectivity index (χ2v) is 2.52. The van der Waals surface area contributed by atoms with E-state index in [1.807, 2.05) is 38.3 Å². The number of thioether (sulfide) groups is 1. The van der Waals surface area contributed by atoms with Crippen LogP contribution in [0.4, 0.5) is 0 Å². The van der Waals surface area contributed by atoms with Gasteiger partial charge in [0, 0.05) is 4.90 Å². The molecule has 1 nitrogen and oxygen atoms in total. The van der Waals surface area contributed by atoms with Gasteiger partial charge in [-0.15, -0.1) is 11.8 Å².